The van der Waals surface area contributed by atoms with Gasteiger partial charge < -0.3 is 9.47 Å². The fraction of sp³-hybridized carbons (Fsp3) is 0.150. The monoisotopic (exact) mass is 368 g/mol. The second-order valence-electron chi connectivity index (χ2n) is 5.59. The normalized spacial score (nSPS) is 10.5. The van der Waals surface area contributed by atoms with E-state index in [9.17, 15) is 14.4 Å². The summed E-state index contributed by atoms with van der Waals surface area (Å²) < 4.78 is 10.8. The molecule has 0 radical (unpaired) electrons. The van der Waals surface area contributed by atoms with Gasteiger partial charge in [0.25, 0.3) is 0 Å². The van der Waals surface area contributed by atoms with E-state index < -0.39 is 11.9 Å². The van der Waals surface area contributed by atoms with Gasteiger partial charge in [-0.1, -0.05) is 30.3 Å². The van der Waals surface area contributed by atoms with Gasteiger partial charge in [0.15, 0.2) is 6.61 Å². The van der Waals surface area contributed by atoms with Crippen molar-refractivity contribution in [3.8, 4) is 0 Å². The lowest BCUT2D eigenvalue weighted by molar-refractivity contribution is 0.0464. The van der Waals surface area contributed by atoms with E-state index in [4.69, 9.17) is 4.74 Å². The highest BCUT2D eigenvalue weighted by Crippen LogP contribution is 2.30. The number of esters is 2. The predicted octanol–water partition coefficient (Wildman–Crippen LogP) is 4.04. The Kier molecular flexibility index (Phi) is 5.14. The molecule has 0 atom stereocenters. The van der Waals surface area contributed by atoms with E-state index in [0.29, 0.717) is 4.88 Å². The van der Waals surface area contributed by atoms with E-state index in [2.05, 4.69) is 4.74 Å². The fourth-order valence-corrected chi connectivity index (χ4v) is 3.80. The summed E-state index contributed by atoms with van der Waals surface area (Å²) in [5, 5.41) is 1.02. The number of fused-ring (bicyclic) bond motifs is 1. The Labute approximate surface area is 154 Å². The molecule has 0 bridgehead atoms. The number of aryl methyl sites for hydroxylation is 1. The van der Waals surface area contributed by atoms with Crippen LogP contribution in [0, 0.1) is 6.92 Å². The Morgan fingerprint density at radius 1 is 0.923 bits per heavy atom. The van der Waals surface area contributed by atoms with Crippen LogP contribution in [0.15, 0.2) is 48.5 Å². The zero-order chi connectivity index (χ0) is 18.7. The summed E-state index contributed by atoms with van der Waals surface area (Å²) >= 11 is 1.38. The molecule has 1 heterocycles. The quantitative estimate of drug-likeness (QED) is 0.502. The molecule has 1 aromatic heterocycles. The summed E-state index contributed by atoms with van der Waals surface area (Å²) in [6.45, 7) is 1.49. The van der Waals surface area contributed by atoms with E-state index in [1.54, 1.807) is 12.1 Å². The van der Waals surface area contributed by atoms with Crippen molar-refractivity contribution in [3.63, 3.8) is 0 Å². The van der Waals surface area contributed by atoms with Crippen LogP contribution in [-0.2, 0) is 9.47 Å². The Hall–Kier alpha value is -2.99. The van der Waals surface area contributed by atoms with Gasteiger partial charge in [0.05, 0.1) is 23.1 Å². The highest BCUT2D eigenvalue weighted by molar-refractivity contribution is 7.21. The first-order valence-corrected chi connectivity index (χ1v) is 8.70. The zero-order valence-corrected chi connectivity index (χ0v) is 15.1. The molecule has 0 unspecified atom stereocenters. The fourth-order valence-electron chi connectivity index (χ4n) is 2.66. The van der Waals surface area contributed by atoms with Gasteiger partial charge in [0.1, 0.15) is 0 Å². The zero-order valence-electron chi connectivity index (χ0n) is 14.3. The number of methoxy groups -OCH3 is 1. The minimum atomic E-state index is -0.738. The largest absolute Gasteiger partial charge is 0.465 e. The molecule has 0 fully saturated rings. The van der Waals surface area contributed by atoms with Crippen molar-refractivity contribution in [2.75, 3.05) is 13.7 Å². The van der Waals surface area contributed by atoms with Gasteiger partial charge >= 0.3 is 11.9 Å². The second kappa shape index (κ2) is 7.49. The van der Waals surface area contributed by atoms with Crippen LogP contribution in [0.1, 0.15) is 36.0 Å². The van der Waals surface area contributed by atoms with Crippen molar-refractivity contribution in [1.82, 2.24) is 0 Å². The van der Waals surface area contributed by atoms with Crippen LogP contribution in [0.25, 0.3) is 10.1 Å². The summed E-state index contributed by atoms with van der Waals surface area (Å²) in [4.78, 5) is 37.1. The number of hydrogen-bond donors (Lipinski definition) is 0. The van der Waals surface area contributed by atoms with E-state index in [1.165, 1.54) is 30.6 Å². The molecule has 0 aliphatic heterocycles. The Balaban J connectivity index is 1.76. The third kappa shape index (κ3) is 3.36. The van der Waals surface area contributed by atoms with Gasteiger partial charge in [-0.25, -0.2) is 9.59 Å². The minimum Gasteiger partial charge on any atom is -0.465 e. The van der Waals surface area contributed by atoms with Gasteiger partial charge in [-0.2, -0.15) is 0 Å². The molecule has 0 amide bonds. The second-order valence-corrected chi connectivity index (χ2v) is 6.64. The highest BCUT2D eigenvalue weighted by Gasteiger charge is 2.21. The van der Waals surface area contributed by atoms with Gasteiger partial charge in [-0.05, 0) is 36.1 Å². The number of Topliss-reactive ketones (excluding diaryl/α,β-unsaturated/α-hetero) is 1. The first-order chi connectivity index (χ1) is 12.5. The standard InChI is InChI=1S/C20H16O5S/c1-12-13-7-5-6-10-17(13)26-18(12)16(21)11-25-20(23)15-9-4-3-8-14(15)19(22)24-2/h3-10H,11H2,1-2H3. The van der Waals surface area contributed by atoms with E-state index >= 15 is 0 Å². The molecule has 0 N–H and O–H groups in total. The third-order valence-electron chi connectivity index (χ3n) is 3.98. The lowest BCUT2D eigenvalue weighted by Gasteiger charge is -2.07. The van der Waals surface area contributed by atoms with Crippen LogP contribution >= 0.6 is 11.3 Å². The van der Waals surface area contributed by atoms with Crippen molar-refractivity contribution < 1.29 is 23.9 Å². The van der Waals surface area contributed by atoms with E-state index in [1.807, 2.05) is 31.2 Å². The first kappa shape index (κ1) is 17.8. The molecule has 6 heteroatoms. The number of benzene rings is 2. The van der Waals surface area contributed by atoms with Gasteiger partial charge in [0.2, 0.25) is 5.78 Å². The van der Waals surface area contributed by atoms with Crippen molar-refractivity contribution in [2.45, 2.75) is 6.92 Å². The summed E-state index contributed by atoms with van der Waals surface area (Å²) in [5.74, 6) is -1.64. The predicted molar refractivity (Wildman–Crippen MR) is 99.0 cm³/mol. The molecule has 3 aromatic rings. The Morgan fingerprint density at radius 3 is 2.19 bits per heavy atom. The summed E-state index contributed by atoms with van der Waals surface area (Å²) in [6, 6.07) is 13.9. The number of ether oxygens (including phenoxy) is 2. The molecule has 0 saturated heterocycles. The first-order valence-electron chi connectivity index (χ1n) is 7.88. The van der Waals surface area contributed by atoms with Crippen LogP contribution in [0.4, 0.5) is 0 Å². The van der Waals surface area contributed by atoms with Crippen molar-refractivity contribution >= 4 is 39.1 Å². The number of hydrogen-bond acceptors (Lipinski definition) is 6. The average Bonchev–Trinajstić information content (AvgIpc) is 3.02. The van der Waals surface area contributed by atoms with Crippen LogP contribution in [0.5, 0.6) is 0 Å². The summed E-state index contributed by atoms with van der Waals surface area (Å²) in [6.07, 6.45) is 0. The molecule has 132 valence electrons. The Bertz CT molecular complexity index is 1000. The SMILES string of the molecule is COC(=O)c1ccccc1C(=O)OCC(=O)c1sc2ccccc2c1C. The average molecular weight is 368 g/mol. The van der Waals surface area contributed by atoms with Crippen LogP contribution in [-0.4, -0.2) is 31.4 Å². The molecule has 0 spiro atoms. The smallest absolute Gasteiger partial charge is 0.339 e. The maximum atomic E-state index is 12.5. The molecular formula is C20H16O5S. The number of carbonyl (C=O) groups excluding carboxylic acids is 3. The van der Waals surface area contributed by atoms with Crippen LogP contribution < -0.4 is 0 Å². The van der Waals surface area contributed by atoms with E-state index in [-0.39, 0.29) is 23.5 Å². The number of ketones is 1. The van der Waals surface area contributed by atoms with Gasteiger partial charge in [0, 0.05) is 4.70 Å². The van der Waals surface area contributed by atoms with Gasteiger partial charge in [-0.15, -0.1) is 11.3 Å². The maximum absolute atomic E-state index is 12.5. The van der Waals surface area contributed by atoms with Gasteiger partial charge in [-0.3, -0.25) is 4.79 Å². The minimum absolute atomic E-state index is 0.0696. The molecule has 3 rings (SSSR count). The van der Waals surface area contributed by atoms with Crippen LogP contribution in [0.2, 0.25) is 0 Å². The highest BCUT2D eigenvalue weighted by atomic mass is 32.1. The third-order valence-corrected chi connectivity index (χ3v) is 5.30. The lowest BCUT2D eigenvalue weighted by atomic mass is 10.1. The number of thiophene rings is 1. The van der Waals surface area contributed by atoms with Crippen molar-refractivity contribution in [1.29, 1.82) is 0 Å². The van der Waals surface area contributed by atoms with Crippen LogP contribution in [0.3, 0.4) is 0 Å². The summed E-state index contributed by atoms with van der Waals surface area (Å²) in [5.41, 5.74) is 1.05. The molecule has 26 heavy (non-hydrogen) atoms. The van der Waals surface area contributed by atoms with Crippen molar-refractivity contribution in [3.05, 3.63) is 70.1 Å². The topological polar surface area (TPSA) is 69.7 Å². The summed E-state index contributed by atoms with van der Waals surface area (Å²) in [7, 11) is 1.23. The lowest BCUT2D eigenvalue weighted by Crippen LogP contribution is -2.17. The Morgan fingerprint density at radius 2 is 1.54 bits per heavy atom. The van der Waals surface area contributed by atoms with E-state index in [0.717, 1.165) is 15.6 Å². The molecule has 5 nitrogen and oxygen atoms in total. The maximum Gasteiger partial charge on any atom is 0.339 e. The molecule has 0 aliphatic rings. The molecule has 2 aromatic carbocycles. The molecule has 0 saturated carbocycles. The molecular weight excluding hydrogens is 352 g/mol. The number of carbonyl (C=O) groups is 3. The van der Waals surface area contributed by atoms with Crippen molar-refractivity contribution in [2.24, 2.45) is 0 Å². The number of rotatable bonds is 5. The molecule has 0 aliphatic carbocycles.